The van der Waals surface area contributed by atoms with Crippen molar-refractivity contribution in [1.29, 1.82) is 0 Å². The number of rotatable bonds is 6. The van der Waals surface area contributed by atoms with Crippen LogP contribution in [0.25, 0.3) is 0 Å². The maximum absolute atomic E-state index is 13.2. The topological polar surface area (TPSA) is 46.6 Å². The van der Waals surface area contributed by atoms with Crippen LogP contribution in [0.5, 0.6) is 0 Å². The molecule has 3 rings (SSSR count). The second-order valence-corrected chi connectivity index (χ2v) is 8.00. The normalized spacial score (nSPS) is 14.4. The molecule has 0 aliphatic heterocycles. The summed E-state index contributed by atoms with van der Waals surface area (Å²) in [6, 6.07) is 11.9. The minimum absolute atomic E-state index is 0.00371. The van der Waals surface area contributed by atoms with Crippen molar-refractivity contribution in [3.63, 3.8) is 0 Å². The first-order chi connectivity index (χ1) is 12.6. The first-order valence-electron chi connectivity index (χ1n) is 9.11. The van der Waals surface area contributed by atoms with Crippen molar-refractivity contribution in [1.82, 2.24) is 4.90 Å². The van der Waals surface area contributed by atoms with E-state index in [9.17, 15) is 9.59 Å². The predicted molar refractivity (Wildman–Crippen MR) is 103 cm³/mol. The number of methoxy groups -OCH3 is 1. The maximum Gasteiger partial charge on any atom is 0.310 e. The van der Waals surface area contributed by atoms with Gasteiger partial charge in [-0.3, -0.25) is 9.59 Å². The molecule has 0 bridgehead atoms. The Kier molecular flexibility index (Phi) is 6.09. The molecule has 0 saturated carbocycles. The molecule has 1 amide bonds. The number of ether oxygens (including phenoxy) is 1. The van der Waals surface area contributed by atoms with Crippen LogP contribution in [0.3, 0.4) is 0 Å². The molecule has 0 N–H and O–H groups in total. The van der Waals surface area contributed by atoms with E-state index in [2.05, 4.69) is 6.07 Å². The fourth-order valence-corrected chi connectivity index (χ4v) is 4.60. The fraction of sp³-hybridized carbons (Fsp3) is 0.429. The predicted octanol–water partition coefficient (Wildman–Crippen LogP) is 4.08. The Hall–Kier alpha value is -2.14. The first kappa shape index (κ1) is 18.6. The lowest BCUT2D eigenvalue weighted by molar-refractivity contribution is -0.145. The number of aryl methyl sites for hydroxylation is 2. The number of carbonyl (C=O) groups excluding carboxylic acids is 2. The van der Waals surface area contributed by atoms with Gasteiger partial charge in [0.25, 0.3) is 5.91 Å². The molecule has 0 fully saturated rings. The average molecular weight is 372 g/mol. The number of hydrogen-bond donors (Lipinski definition) is 0. The standard InChI is InChI=1S/C21H25NO3S/c1-15(21(24)25-2)13-22(14-16-8-4-3-5-9-16)20(23)19-12-17-10-6-7-11-18(17)26-19/h3-5,8-9,12,15H,6-7,10-11,13-14H2,1-2H3. The van der Waals surface area contributed by atoms with Gasteiger partial charge in [0.2, 0.25) is 0 Å². The van der Waals surface area contributed by atoms with Crippen LogP contribution in [0.15, 0.2) is 36.4 Å². The Morgan fingerprint density at radius 3 is 2.62 bits per heavy atom. The molecule has 5 heteroatoms. The minimum Gasteiger partial charge on any atom is -0.469 e. The van der Waals surface area contributed by atoms with Crippen LogP contribution in [0, 0.1) is 5.92 Å². The van der Waals surface area contributed by atoms with Gasteiger partial charge in [-0.2, -0.15) is 0 Å². The van der Waals surface area contributed by atoms with Crippen LogP contribution >= 0.6 is 11.3 Å². The highest BCUT2D eigenvalue weighted by Crippen LogP contribution is 2.30. The van der Waals surface area contributed by atoms with Crippen LogP contribution in [-0.4, -0.2) is 30.4 Å². The van der Waals surface area contributed by atoms with Gasteiger partial charge >= 0.3 is 5.97 Å². The van der Waals surface area contributed by atoms with Gasteiger partial charge in [-0.15, -0.1) is 11.3 Å². The Morgan fingerprint density at radius 2 is 1.92 bits per heavy atom. The van der Waals surface area contributed by atoms with Gasteiger partial charge in [-0.05, 0) is 42.9 Å². The molecular weight excluding hydrogens is 346 g/mol. The molecule has 138 valence electrons. The molecule has 1 aliphatic carbocycles. The maximum atomic E-state index is 13.2. The Morgan fingerprint density at radius 1 is 1.19 bits per heavy atom. The van der Waals surface area contributed by atoms with E-state index in [-0.39, 0.29) is 17.8 Å². The zero-order valence-corrected chi connectivity index (χ0v) is 16.2. The molecule has 1 aromatic carbocycles. The molecule has 1 aromatic heterocycles. The first-order valence-corrected chi connectivity index (χ1v) is 9.92. The monoisotopic (exact) mass is 371 g/mol. The van der Waals surface area contributed by atoms with E-state index in [0.29, 0.717) is 13.1 Å². The smallest absolute Gasteiger partial charge is 0.310 e. The number of fused-ring (bicyclic) bond motifs is 1. The number of hydrogen-bond acceptors (Lipinski definition) is 4. The van der Waals surface area contributed by atoms with E-state index in [1.165, 1.54) is 30.4 Å². The summed E-state index contributed by atoms with van der Waals surface area (Å²) in [4.78, 5) is 29.0. The lowest BCUT2D eigenvalue weighted by Gasteiger charge is -2.24. The zero-order valence-electron chi connectivity index (χ0n) is 15.4. The highest BCUT2D eigenvalue weighted by molar-refractivity contribution is 7.14. The molecule has 1 atom stereocenters. The van der Waals surface area contributed by atoms with E-state index in [4.69, 9.17) is 4.74 Å². The SMILES string of the molecule is COC(=O)C(C)CN(Cc1ccccc1)C(=O)c1cc2c(s1)CCCC2. The van der Waals surface area contributed by atoms with E-state index >= 15 is 0 Å². The van der Waals surface area contributed by atoms with Crippen molar-refractivity contribution in [3.8, 4) is 0 Å². The van der Waals surface area contributed by atoms with Crippen molar-refractivity contribution in [2.45, 2.75) is 39.2 Å². The third kappa shape index (κ3) is 4.33. The molecular formula is C21H25NO3S. The van der Waals surface area contributed by atoms with Crippen LogP contribution in [-0.2, 0) is 28.9 Å². The van der Waals surface area contributed by atoms with Crippen LogP contribution in [0.1, 0.15) is 45.4 Å². The summed E-state index contributed by atoms with van der Waals surface area (Å²) in [6.45, 7) is 2.64. The molecule has 0 radical (unpaired) electrons. The summed E-state index contributed by atoms with van der Waals surface area (Å²) in [5, 5.41) is 0. The number of thiophene rings is 1. The van der Waals surface area contributed by atoms with E-state index in [0.717, 1.165) is 23.3 Å². The fourth-order valence-electron chi connectivity index (χ4n) is 3.38. The molecule has 4 nitrogen and oxygen atoms in total. The summed E-state index contributed by atoms with van der Waals surface area (Å²) in [6.07, 6.45) is 4.54. The second-order valence-electron chi connectivity index (χ2n) is 6.86. The number of esters is 1. The lowest BCUT2D eigenvalue weighted by atomic mass is 9.99. The van der Waals surface area contributed by atoms with Crippen LogP contribution in [0.4, 0.5) is 0 Å². The van der Waals surface area contributed by atoms with E-state index < -0.39 is 0 Å². The Bertz CT molecular complexity index is 745. The summed E-state index contributed by atoms with van der Waals surface area (Å²) in [5.41, 5.74) is 2.38. The van der Waals surface area contributed by atoms with Gasteiger partial charge in [0.05, 0.1) is 17.9 Å². The van der Waals surface area contributed by atoms with E-state index in [1.54, 1.807) is 23.2 Å². The molecule has 0 spiro atoms. The van der Waals surface area contributed by atoms with Crippen molar-refractivity contribution >= 4 is 23.2 Å². The highest BCUT2D eigenvalue weighted by Gasteiger charge is 2.25. The Balaban J connectivity index is 1.82. The van der Waals surface area contributed by atoms with Crippen molar-refractivity contribution in [3.05, 3.63) is 57.3 Å². The molecule has 0 saturated heterocycles. The quantitative estimate of drug-likeness (QED) is 0.719. The van der Waals surface area contributed by atoms with Crippen LogP contribution < -0.4 is 0 Å². The Labute approximate surface area is 158 Å². The molecule has 26 heavy (non-hydrogen) atoms. The van der Waals surface area contributed by atoms with Gasteiger partial charge < -0.3 is 9.64 Å². The van der Waals surface area contributed by atoms with Gasteiger partial charge in [0, 0.05) is 18.0 Å². The molecule has 1 heterocycles. The molecule has 1 aliphatic rings. The number of amides is 1. The average Bonchev–Trinajstić information content (AvgIpc) is 3.11. The summed E-state index contributed by atoms with van der Waals surface area (Å²) in [7, 11) is 1.38. The summed E-state index contributed by atoms with van der Waals surface area (Å²) >= 11 is 1.62. The van der Waals surface area contributed by atoms with Crippen molar-refractivity contribution < 1.29 is 14.3 Å². The number of carbonyl (C=O) groups is 2. The number of nitrogens with zero attached hydrogens (tertiary/aromatic N) is 1. The highest BCUT2D eigenvalue weighted by atomic mass is 32.1. The van der Waals surface area contributed by atoms with Crippen molar-refractivity contribution in [2.24, 2.45) is 5.92 Å². The minimum atomic E-state index is -0.359. The van der Waals surface area contributed by atoms with Crippen LogP contribution in [0.2, 0.25) is 0 Å². The summed E-state index contributed by atoms with van der Waals surface area (Å²) in [5.74, 6) is -0.646. The van der Waals surface area contributed by atoms with Gasteiger partial charge in [-0.1, -0.05) is 37.3 Å². The molecule has 2 aromatic rings. The van der Waals surface area contributed by atoms with Gasteiger partial charge in [0.15, 0.2) is 0 Å². The summed E-state index contributed by atoms with van der Waals surface area (Å²) < 4.78 is 4.84. The van der Waals surface area contributed by atoms with E-state index in [1.807, 2.05) is 30.3 Å². The lowest BCUT2D eigenvalue weighted by Crippen LogP contribution is -2.36. The largest absolute Gasteiger partial charge is 0.469 e. The van der Waals surface area contributed by atoms with Gasteiger partial charge in [0.1, 0.15) is 0 Å². The third-order valence-electron chi connectivity index (χ3n) is 4.81. The van der Waals surface area contributed by atoms with Crippen molar-refractivity contribution in [2.75, 3.05) is 13.7 Å². The zero-order chi connectivity index (χ0) is 18.5. The third-order valence-corrected chi connectivity index (χ3v) is 6.03. The number of benzene rings is 1. The van der Waals surface area contributed by atoms with Gasteiger partial charge in [-0.25, -0.2) is 0 Å². The molecule has 1 unspecified atom stereocenters. The second kappa shape index (κ2) is 8.49.